The van der Waals surface area contributed by atoms with Gasteiger partial charge in [-0.05, 0) is 56.8 Å². The first-order chi connectivity index (χ1) is 16.0. The van der Waals surface area contributed by atoms with Gasteiger partial charge in [-0.1, -0.05) is 45.0 Å². The highest BCUT2D eigenvalue weighted by Crippen LogP contribution is 2.50. The summed E-state index contributed by atoms with van der Waals surface area (Å²) in [6.07, 6.45) is 9.22. The van der Waals surface area contributed by atoms with Crippen LogP contribution in [0.3, 0.4) is 0 Å². The van der Waals surface area contributed by atoms with Crippen LogP contribution in [0.5, 0.6) is 0 Å². The zero-order valence-corrected chi connectivity index (χ0v) is 21.3. The van der Waals surface area contributed by atoms with Gasteiger partial charge in [-0.15, -0.1) is 0 Å². The highest BCUT2D eigenvalue weighted by atomic mass is 16.3. The average molecular weight is 463 g/mol. The van der Waals surface area contributed by atoms with Gasteiger partial charge in [0, 0.05) is 36.5 Å². The fraction of sp³-hybridized carbons (Fsp3) is 0.500. The van der Waals surface area contributed by atoms with Crippen LogP contribution in [0, 0.1) is 5.41 Å². The molecular weight excluding hydrogens is 424 g/mol. The number of hydrogen-bond acceptors (Lipinski definition) is 5. The van der Waals surface area contributed by atoms with Gasteiger partial charge in [0.1, 0.15) is 11.2 Å². The van der Waals surface area contributed by atoms with Gasteiger partial charge in [0.05, 0.1) is 23.9 Å². The molecule has 3 aromatic rings. The van der Waals surface area contributed by atoms with E-state index in [1.807, 2.05) is 16.8 Å². The Balaban J connectivity index is 1.78. The second-order valence-corrected chi connectivity index (χ2v) is 10.7. The van der Waals surface area contributed by atoms with E-state index < -0.39 is 11.2 Å². The maximum atomic E-state index is 12.5. The van der Waals surface area contributed by atoms with E-state index in [1.54, 1.807) is 32.6 Å². The first-order valence-electron chi connectivity index (χ1n) is 12.3. The summed E-state index contributed by atoms with van der Waals surface area (Å²) in [6, 6.07) is 10.5. The molecule has 0 radical (unpaired) electrons. The van der Waals surface area contributed by atoms with E-state index >= 15 is 0 Å². The van der Waals surface area contributed by atoms with Crippen molar-refractivity contribution in [3.8, 4) is 5.69 Å². The van der Waals surface area contributed by atoms with Crippen LogP contribution in [-0.2, 0) is 11.2 Å². The second-order valence-electron chi connectivity index (χ2n) is 10.7. The first-order valence-corrected chi connectivity index (χ1v) is 12.3. The van der Waals surface area contributed by atoms with Crippen molar-refractivity contribution in [2.24, 2.45) is 5.41 Å². The third-order valence-corrected chi connectivity index (χ3v) is 7.55. The van der Waals surface area contributed by atoms with E-state index in [1.165, 1.54) is 5.56 Å². The molecule has 0 bridgehead atoms. The maximum Gasteiger partial charge on any atom is 0.124 e. The second kappa shape index (κ2) is 8.91. The van der Waals surface area contributed by atoms with Crippen LogP contribution in [0.15, 0.2) is 55.2 Å². The molecule has 1 saturated heterocycles. The largest absolute Gasteiger partial charge is 0.384 e. The molecule has 3 heterocycles. The Bertz CT molecular complexity index is 1120. The first kappa shape index (κ1) is 24.6. The minimum Gasteiger partial charge on any atom is -0.384 e. The topological polar surface area (TPSA) is 74.4 Å². The summed E-state index contributed by atoms with van der Waals surface area (Å²) in [5.74, 6) is 0.531. The molecule has 0 amide bonds. The molecule has 1 unspecified atom stereocenters. The number of hydrogen-bond donors (Lipinski definition) is 2. The number of likely N-dealkylation sites (tertiary alicyclic amines) is 1. The fourth-order valence-electron chi connectivity index (χ4n) is 5.54. The molecule has 1 fully saturated rings. The summed E-state index contributed by atoms with van der Waals surface area (Å²) in [4.78, 5) is 11.1. The molecule has 1 aliphatic rings. The molecule has 6 nitrogen and oxygen atoms in total. The number of nitrogens with zero attached hydrogens (tertiary/aromatic N) is 4. The molecule has 1 atom stereocenters. The predicted octanol–water partition coefficient (Wildman–Crippen LogP) is 4.59. The Morgan fingerprint density at radius 2 is 1.68 bits per heavy atom. The lowest BCUT2D eigenvalue weighted by atomic mass is 9.62. The van der Waals surface area contributed by atoms with Gasteiger partial charge in [-0.25, -0.2) is 4.98 Å². The van der Waals surface area contributed by atoms with Crippen LogP contribution in [0.2, 0.25) is 0 Å². The van der Waals surface area contributed by atoms with Crippen LogP contribution in [0.4, 0.5) is 0 Å². The smallest absolute Gasteiger partial charge is 0.124 e. The van der Waals surface area contributed by atoms with Crippen molar-refractivity contribution in [3.05, 3.63) is 77.6 Å². The number of benzene rings is 1. The van der Waals surface area contributed by atoms with Crippen molar-refractivity contribution in [3.63, 3.8) is 0 Å². The lowest BCUT2D eigenvalue weighted by Crippen LogP contribution is -2.63. The number of imidazole rings is 1. The minimum absolute atomic E-state index is 0.355. The van der Waals surface area contributed by atoms with Crippen LogP contribution in [-0.4, -0.2) is 49.8 Å². The summed E-state index contributed by atoms with van der Waals surface area (Å²) < 4.78 is 1.84. The van der Waals surface area contributed by atoms with E-state index in [2.05, 4.69) is 67.0 Å². The van der Waals surface area contributed by atoms with Gasteiger partial charge in [-0.2, -0.15) is 0 Å². The van der Waals surface area contributed by atoms with Crippen molar-refractivity contribution < 1.29 is 10.2 Å². The predicted molar refractivity (Wildman–Crippen MR) is 135 cm³/mol. The van der Waals surface area contributed by atoms with Crippen molar-refractivity contribution in [2.75, 3.05) is 20.1 Å². The van der Waals surface area contributed by atoms with Crippen LogP contribution in [0.1, 0.15) is 75.8 Å². The monoisotopic (exact) mass is 462 g/mol. The fourth-order valence-corrected chi connectivity index (χ4v) is 5.54. The molecule has 182 valence electrons. The molecule has 1 aliphatic heterocycles. The maximum absolute atomic E-state index is 12.5. The zero-order valence-electron chi connectivity index (χ0n) is 21.3. The molecule has 0 aliphatic carbocycles. The molecule has 2 N–H and O–H groups in total. The molecule has 1 aromatic carbocycles. The van der Waals surface area contributed by atoms with E-state index in [-0.39, 0.29) is 5.41 Å². The summed E-state index contributed by atoms with van der Waals surface area (Å²) in [5, 5.41) is 22.8. The van der Waals surface area contributed by atoms with Gasteiger partial charge < -0.3 is 19.7 Å². The lowest BCUT2D eigenvalue weighted by Gasteiger charge is -2.55. The van der Waals surface area contributed by atoms with Crippen molar-refractivity contribution in [1.82, 2.24) is 19.4 Å². The molecule has 34 heavy (non-hydrogen) atoms. The van der Waals surface area contributed by atoms with Crippen LogP contribution < -0.4 is 0 Å². The normalized spacial score (nSPS) is 18.0. The van der Waals surface area contributed by atoms with E-state index in [9.17, 15) is 10.2 Å². The van der Waals surface area contributed by atoms with Crippen molar-refractivity contribution in [2.45, 2.75) is 64.6 Å². The Hall–Kier alpha value is -2.54. The van der Waals surface area contributed by atoms with E-state index in [0.717, 1.165) is 42.7 Å². The number of aromatic nitrogens is 3. The Kier molecular flexibility index (Phi) is 6.44. The molecule has 6 heteroatoms. The Morgan fingerprint density at radius 3 is 2.21 bits per heavy atom. The highest BCUT2D eigenvalue weighted by molar-refractivity contribution is 5.45. The average Bonchev–Trinajstić information content (AvgIpc) is 3.30. The van der Waals surface area contributed by atoms with E-state index in [4.69, 9.17) is 0 Å². The SMILES string of the molecule is CCC(CC)c1ccc(C(O)(c2cncc(-n3cnc(C(C)(C)O)c3)c2)C2(C)CN(C)C2)cc1. The van der Waals surface area contributed by atoms with Crippen molar-refractivity contribution >= 4 is 0 Å². The van der Waals surface area contributed by atoms with Gasteiger partial charge >= 0.3 is 0 Å². The standard InChI is InChI=1S/C28H38N4O2/c1-7-20(8-2)21-9-11-22(12-10-21)28(34,27(5)17-31(6)18-27)23-13-24(15-29-14-23)32-16-25(30-19-32)26(3,4)33/h9-16,19-20,33-34H,7-8,17-18H2,1-6H3. The number of rotatable bonds is 8. The Labute approximate surface area is 203 Å². The van der Waals surface area contributed by atoms with Gasteiger partial charge in [0.25, 0.3) is 0 Å². The quantitative estimate of drug-likeness (QED) is 0.512. The van der Waals surface area contributed by atoms with Gasteiger partial charge in [0.15, 0.2) is 0 Å². The van der Waals surface area contributed by atoms with Crippen LogP contribution in [0.25, 0.3) is 5.69 Å². The lowest BCUT2D eigenvalue weighted by molar-refractivity contribution is -0.127. The molecule has 0 spiro atoms. The summed E-state index contributed by atoms with van der Waals surface area (Å²) in [6.45, 7) is 11.6. The third kappa shape index (κ3) is 4.19. The summed E-state index contributed by atoms with van der Waals surface area (Å²) in [7, 11) is 2.08. The number of pyridine rings is 1. The highest BCUT2D eigenvalue weighted by Gasteiger charge is 2.55. The van der Waals surface area contributed by atoms with Crippen molar-refractivity contribution in [1.29, 1.82) is 0 Å². The molecular formula is C28H38N4O2. The molecule has 2 aromatic heterocycles. The number of aliphatic hydroxyl groups is 2. The summed E-state index contributed by atoms with van der Waals surface area (Å²) in [5.41, 5.74) is 1.75. The summed E-state index contributed by atoms with van der Waals surface area (Å²) >= 11 is 0. The Morgan fingerprint density at radius 1 is 1.03 bits per heavy atom. The molecule has 4 rings (SSSR count). The third-order valence-electron chi connectivity index (χ3n) is 7.55. The minimum atomic E-state index is -1.20. The zero-order chi connectivity index (χ0) is 24.7. The van der Waals surface area contributed by atoms with Crippen LogP contribution >= 0.6 is 0 Å². The molecule has 0 saturated carbocycles. The van der Waals surface area contributed by atoms with E-state index in [0.29, 0.717) is 11.6 Å². The van der Waals surface area contributed by atoms with Gasteiger partial charge in [-0.3, -0.25) is 4.98 Å². The van der Waals surface area contributed by atoms with Gasteiger partial charge in [0.2, 0.25) is 0 Å².